The molecular weight excluding hydrogens is 380 g/mol. The lowest BCUT2D eigenvalue weighted by Gasteiger charge is -2.28. The number of esters is 1. The van der Waals surface area contributed by atoms with Crippen molar-refractivity contribution < 1.29 is 24.5 Å². The summed E-state index contributed by atoms with van der Waals surface area (Å²) in [5.74, 6) is 0.111. The summed E-state index contributed by atoms with van der Waals surface area (Å²) in [4.78, 5) is 12.3. The molecule has 0 amide bonds. The van der Waals surface area contributed by atoms with Crippen molar-refractivity contribution in [3.8, 4) is 23.0 Å². The summed E-state index contributed by atoms with van der Waals surface area (Å²) in [6.07, 6.45) is 4.05. The molecular formula is C25H22O5. The van der Waals surface area contributed by atoms with E-state index in [0.717, 1.165) is 22.3 Å². The third-order valence-electron chi connectivity index (χ3n) is 5.40. The second-order valence-corrected chi connectivity index (χ2v) is 7.25. The summed E-state index contributed by atoms with van der Waals surface area (Å²) in [5.41, 5.74) is 4.17. The van der Waals surface area contributed by atoms with Gasteiger partial charge in [-0.05, 0) is 41.3 Å². The van der Waals surface area contributed by atoms with Crippen molar-refractivity contribution in [2.75, 3.05) is 7.11 Å². The van der Waals surface area contributed by atoms with Crippen LogP contribution in [0.2, 0.25) is 0 Å². The molecule has 0 saturated heterocycles. The maximum atomic E-state index is 12.3. The molecule has 30 heavy (non-hydrogen) atoms. The lowest BCUT2D eigenvalue weighted by atomic mass is 9.81. The Morgan fingerprint density at radius 3 is 2.53 bits per heavy atom. The lowest BCUT2D eigenvalue weighted by Crippen LogP contribution is -2.22. The van der Waals surface area contributed by atoms with Crippen LogP contribution in [0.1, 0.15) is 40.2 Å². The first kappa shape index (κ1) is 19.6. The van der Waals surface area contributed by atoms with E-state index in [1.54, 1.807) is 18.2 Å². The SMILES string of the molecule is COc1cc(C2CC(=O)Oc3cc(O)c(C)c(/C=C/c4ccccc4)c32)ccc1O. The smallest absolute Gasteiger partial charge is 0.312 e. The number of hydrogen-bond donors (Lipinski definition) is 2. The highest BCUT2D eigenvalue weighted by Crippen LogP contribution is 2.46. The van der Waals surface area contributed by atoms with Crippen molar-refractivity contribution in [3.63, 3.8) is 0 Å². The molecule has 3 aromatic rings. The predicted molar refractivity (Wildman–Crippen MR) is 115 cm³/mol. The second-order valence-electron chi connectivity index (χ2n) is 7.25. The standard InChI is InChI=1S/C25H22O5/c1-15-18(10-8-16-6-4-3-5-7-16)25-19(13-24(28)30-23(25)14-21(15)27)17-9-11-20(26)22(12-17)29-2/h3-12,14,19,26-27H,13H2,1-2H3/b10-8+. The van der Waals surface area contributed by atoms with E-state index in [2.05, 4.69) is 0 Å². The number of carbonyl (C=O) groups excluding carboxylic acids is 1. The van der Waals surface area contributed by atoms with Gasteiger partial charge in [-0.15, -0.1) is 0 Å². The number of benzene rings is 3. The molecule has 0 spiro atoms. The number of fused-ring (bicyclic) bond motifs is 1. The Bertz CT molecular complexity index is 1130. The van der Waals surface area contributed by atoms with Gasteiger partial charge >= 0.3 is 5.97 Å². The number of aromatic hydroxyl groups is 2. The first-order valence-electron chi connectivity index (χ1n) is 9.65. The van der Waals surface area contributed by atoms with Crippen LogP contribution in [0, 0.1) is 6.92 Å². The van der Waals surface area contributed by atoms with Crippen LogP contribution in [0.15, 0.2) is 54.6 Å². The average Bonchev–Trinajstić information content (AvgIpc) is 2.75. The molecule has 0 aliphatic carbocycles. The molecule has 2 N–H and O–H groups in total. The van der Waals surface area contributed by atoms with E-state index in [1.165, 1.54) is 13.2 Å². The van der Waals surface area contributed by atoms with Crippen molar-refractivity contribution >= 4 is 18.1 Å². The van der Waals surface area contributed by atoms with Crippen LogP contribution in [0.3, 0.4) is 0 Å². The molecule has 0 fully saturated rings. The van der Waals surface area contributed by atoms with Crippen LogP contribution >= 0.6 is 0 Å². The Morgan fingerprint density at radius 2 is 1.80 bits per heavy atom. The van der Waals surface area contributed by atoms with Gasteiger partial charge in [-0.25, -0.2) is 0 Å². The van der Waals surface area contributed by atoms with Gasteiger partial charge in [0.2, 0.25) is 0 Å². The number of carbonyl (C=O) groups is 1. The number of phenols is 2. The summed E-state index contributed by atoms with van der Waals surface area (Å²) in [7, 11) is 1.48. The number of methoxy groups -OCH3 is 1. The number of hydrogen-bond acceptors (Lipinski definition) is 5. The van der Waals surface area contributed by atoms with Crippen LogP contribution in [0.5, 0.6) is 23.0 Å². The topological polar surface area (TPSA) is 76.0 Å². The van der Waals surface area contributed by atoms with Gasteiger partial charge in [0.05, 0.1) is 13.5 Å². The van der Waals surface area contributed by atoms with E-state index in [9.17, 15) is 15.0 Å². The summed E-state index contributed by atoms with van der Waals surface area (Å²) in [5, 5.41) is 20.4. The molecule has 1 atom stereocenters. The van der Waals surface area contributed by atoms with Crippen LogP contribution in [0.25, 0.3) is 12.2 Å². The molecule has 4 rings (SSSR count). The van der Waals surface area contributed by atoms with Crippen molar-refractivity contribution in [1.82, 2.24) is 0 Å². The first-order chi connectivity index (χ1) is 14.5. The van der Waals surface area contributed by atoms with Gasteiger partial charge in [-0.2, -0.15) is 0 Å². The minimum atomic E-state index is -0.374. The van der Waals surface area contributed by atoms with E-state index in [4.69, 9.17) is 9.47 Å². The zero-order valence-electron chi connectivity index (χ0n) is 16.8. The van der Waals surface area contributed by atoms with Crippen LogP contribution < -0.4 is 9.47 Å². The lowest BCUT2D eigenvalue weighted by molar-refractivity contribution is -0.135. The molecule has 3 aromatic carbocycles. The van der Waals surface area contributed by atoms with Gasteiger partial charge < -0.3 is 19.7 Å². The summed E-state index contributed by atoms with van der Waals surface area (Å²) in [6.45, 7) is 1.84. The average molecular weight is 402 g/mol. The van der Waals surface area contributed by atoms with Gasteiger partial charge in [-0.3, -0.25) is 4.79 Å². The normalized spacial score (nSPS) is 15.7. The molecule has 1 aliphatic heterocycles. The first-order valence-corrected chi connectivity index (χ1v) is 9.65. The quantitative estimate of drug-likeness (QED) is 0.364. The Kier molecular flexibility index (Phi) is 5.19. The molecule has 0 bridgehead atoms. The Labute approximate surface area is 174 Å². The Hall–Kier alpha value is -3.73. The molecule has 0 aromatic heterocycles. The third kappa shape index (κ3) is 3.62. The number of ether oxygens (including phenoxy) is 2. The van der Waals surface area contributed by atoms with Gasteiger partial charge in [0.1, 0.15) is 11.5 Å². The van der Waals surface area contributed by atoms with Crippen molar-refractivity contribution in [3.05, 3.63) is 82.4 Å². The minimum absolute atomic E-state index is 0.0333. The maximum Gasteiger partial charge on any atom is 0.312 e. The monoisotopic (exact) mass is 402 g/mol. The van der Waals surface area contributed by atoms with Crippen LogP contribution in [-0.4, -0.2) is 23.3 Å². The molecule has 1 unspecified atom stereocenters. The zero-order chi connectivity index (χ0) is 21.3. The Morgan fingerprint density at radius 1 is 1.03 bits per heavy atom. The summed E-state index contributed by atoms with van der Waals surface area (Å²) in [6, 6.07) is 16.4. The molecule has 1 aliphatic rings. The van der Waals surface area contributed by atoms with Crippen LogP contribution in [-0.2, 0) is 4.79 Å². The minimum Gasteiger partial charge on any atom is -0.508 e. The third-order valence-corrected chi connectivity index (χ3v) is 5.40. The van der Waals surface area contributed by atoms with Gasteiger partial charge in [0.25, 0.3) is 0 Å². The molecule has 0 radical (unpaired) electrons. The zero-order valence-corrected chi connectivity index (χ0v) is 16.8. The fraction of sp³-hybridized carbons (Fsp3) is 0.160. The number of phenolic OH excluding ortho intramolecular Hbond substituents is 2. The van der Waals surface area contributed by atoms with E-state index in [1.807, 2.05) is 49.4 Å². The second kappa shape index (κ2) is 7.95. The molecule has 5 nitrogen and oxygen atoms in total. The fourth-order valence-electron chi connectivity index (χ4n) is 3.81. The van der Waals surface area contributed by atoms with Crippen molar-refractivity contribution in [2.24, 2.45) is 0 Å². The molecule has 5 heteroatoms. The van der Waals surface area contributed by atoms with Gasteiger partial charge in [0.15, 0.2) is 11.5 Å². The summed E-state index contributed by atoms with van der Waals surface area (Å²) >= 11 is 0. The van der Waals surface area contributed by atoms with E-state index >= 15 is 0 Å². The van der Waals surface area contributed by atoms with Gasteiger partial charge in [0, 0.05) is 17.5 Å². The predicted octanol–water partition coefficient (Wildman–Crippen LogP) is 5.03. The molecule has 152 valence electrons. The fourth-order valence-corrected chi connectivity index (χ4v) is 3.81. The molecule has 1 heterocycles. The highest BCUT2D eigenvalue weighted by molar-refractivity contribution is 5.83. The largest absolute Gasteiger partial charge is 0.508 e. The highest BCUT2D eigenvalue weighted by Gasteiger charge is 2.32. The van der Waals surface area contributed by atoms with Gasteiger partial charge in [-0.1, -0.05) is 48.6 Å². The van der Waals surface area contributed by atoms with E-state index < -0.39 is 0 Å². The Balaban J connectivity index is 1.89. The van der Waals surface area contributed by atoms with Crippen molar-refractivity contribution in [2.45, 2.75) is 19.3 Å². The van der Waals surface area contributed by atoms with Crippen molar-refractivity contribution in [1.29, 1.82) is 0 Å². The maximum absolute atomic E-state index is 12.3. The van der Waals surface area contributed by atoms with E-state index in [-0.39, 0.29) is 29.8 Å². The number of rotatable bonds is 4. The highest BCUT2D eigenvalue weighted by atomic mass is 16.5. The van der Waals surface area contributed by atoms with E-state index in [0.29, 0.717) is 17.1 Å². The summed E-state index contributed by atoms with van der Waals surface area (Å²) < 4.78 is 10.7. The van der Waals surface area contributed by atoms with Crippen LogP contribution in [0.4, 0.5) is 0 Å². The molecule has 0 saturated carbocycles.